The van der Waals surface area contributed by atoms with E-state index in [1.165, 1.54) is 0 Å². The summed E-state index contributed by atoms with van der Waals surface area (Å²) >= 11 is 0. The summed E-state index contributed by atoms with van der Waals surface area (Å²) in [7, 11) is 0. The maximum absolute atomic E-state index is 13.2. The minimum Gasteiger partial charge on any atom is -0.370 e. The number of halogens is 1. The summed E-state index contributed by atoms with van der Waals surface area (Å²) in [5, 5.41) is 8.19. The largest absolute Gasteiger partial charge is 0.370 e. The van der Waals surface area contributed by atoms with Crippen molar-refractivity contribution in [3.63, 3.8) is 0 Å². The van der Waals surface area contributed by atoms with Crippen molar-refractivity contribution < 1.29 is 14.0 Å². The molecule has 1 heterocycles. The van der Waals surface area contributed by atoms with Crippen molar-refractivity contribution in [2.45, 2.75) is 26.7 Å². The number of nitrogens with zero attached hydrogens (tertiary/aromatic N) is 1. The molecule has 0 radical (unpaired) electrons. The highest BCUT2D eigenvalue weighted by atomic mass is 19.1. The molecule has 6 nitrogen and oxygen atoms in total. The number of carbonyl (C=O) groups excluding carboxylic acids is 2. The summed E-state index contributed by atoms with van der Waals surface area (Å²) in [6.45, 7) is 5.19. The highest BCUT2D eigenvalue weighted by molar-refractivity contribution is 5.98. The van der Waals surface area contributed by atoms with E-state index in [9.17, 15) is 14.0 Å². The van der Waals surface area contributed by atoms with E-state index in [-0.39, 0.29) is 24.4 Å². The molecule has 2 amide bonds. The van der Waals surface area contributed by atoms with Gasteiger partial charge in [-0.3, -0.25) is 9.59 Å². The van der Waals surface area contributed by atoms with Gasteiger partial charge in [-0.1, -0.05) is 6.92 Å². The van der Waals surface area contributed by atoms with E-state index in [1.807, 2.05) is 13.8 Å². The topological polar surface area (TPSA) is 83.1 Å². The Morgan fingerprint density at radius 3 is 2.67 bits per heavy atom. The van der Waals surface area contributed by atoms with E-state index >= 15 is 0 Å². The van der Waals surface area contributed by atoms with E-state index < -0.39 is 11.7 Å². The van der Waals surface area contributed by atoms with Crippen LogP contribution in [0.4, 0.5) is 10.2 Å². The number of nitrogens with one attached hydrogen (secondary N) is 3. The predicted molar refractivity (Wildman–Crippen MR) is 78.6 cm³/mol. The number of aromatic nitrogens is 1. The smallest absolute Gasteiger partial charge is 0.255 e. The third-order valence-electron chi connectivity index (χ3n) is 2.65. The molecular weight excluding hydrogens is 275 g/mol. The average Bonchev–Trinajstić information content (AvgIpc) is 2.47. The summed E-state index contributed by atoms with van der Waals surface area (Å²) in [5.41, 5.74) is 0.130. The molecule has 21 heavy (non-hydrogen) atoms. The van der Waals surface area contributed by atoms with Crippen molar-refractivity contribution in [2.75, 3.05) is 25.0 Å². The molecule has 0 aliphatic heterocycles. The van der Waals surface area contributed by atoms with Crippen LogP contribution in [0, 0.1) is 5.82 Å². The predicted octanol–water partition coefficient (Wildman–Crippen LogP) is 1.30. The molecular formula is C14H21FN4O2. The number of anilines is 1. The van der Waals surface area contributed by atoms with Crippen LogP contribution in [0.15, 0.2) is 12.3 Å². The van der Waals surface area contributed by atoms with E-state index in [0.717, 1.165) is 18.7 Å². The number of amides is 2. The fraction of sp³-hybridized carbons (Fsp3) is 0.500. The van der Waals surface area contributed by atoms with Gasteiger partial charge in [0, 0.05) is 26.1 Å². The lowest BCUT2D eigenvalue weighted by molar-refractivity contribution is -0.120. The Labute approximate surface area is 123 Å². The van der Waals surface area contributed by atoms with Crippen molar-refractivity contribution >= 4 is 17.6 Å². The lowest BCUT2D eigenvalue weighted by Crippen LogP contribution is -2.31. The lowest BCUT2D eigenvalue weighted by atomic mass is 10.2. The first-order chi connectivity index (χ1) is 10.1. The maximum Gasteiger partial charge on any atom is 0.255 e. The van der Waals surface area contributed by atoms with Crippen LogP contribution in [0.1, 0.15) is 37.0 Å². The molecule has 0 saturated carbocycles. The number of rotatable bonds is 8. The zero-order chi connectivity index (χ0) is 15.7. The first kappa shape index (κ1) is 16.9. The monoisotopic (exact) mass is 296 g/mol. The molecule has 7 heteroatoms. The highest BCUT2D eigenvalue weighted by Gasteiger charge is 2.13. The van der Waals surface area contributed by atoms with Gasteiger partial charge >= 0.3 is 0 Å². The minimum atomic E-state index is -0.581. The van der Waals surface area contributed by atoms with Crippen molar-refractivity contribution in [1.82, 2.24) is 15.6 Å². The second kappa shape index (κ2) is 8.89. The van der Waals surface area contributed by atoms with Crippen LogP contribution in [0.25, 0.3) is 0 Å². The zero-order valence-corrected chi connectivity index (χ0v) is 12.3. The Morgan fingerprint density at radius 1 is 1.24 bits per heavy atom. The molecule has 0 fully saturated rings. The van der Waals surface area contributed by atoms with Gasteiger partial charge < -0.3 is 16.0 Å². The van der Waals surface area contributed by atoms with E-state index in [0.29, 0.717) is 18.9 Å². The first-order valence-corrected chi connectivity index (χ1v) is 7.02. The van der Waals surface area contributed by atoms with Crippen LogP contribution in [0.2, 0.25) is 0 Å². The molecule has 0 bridgehead atoms. The third kappa shape index (κ3) is 5.76. The number of hydrogen-bond acceptors (Lipinski definition) is 4. The summed E-state index contributed by atoms with van der Waals surface area (Å²) < 4.78 is 13.2. The SMILES string of the molecule is CCCNC(=O)CCNC(=O)c1cc(F)cnc1NCC. The zero-order valence-electron chi connectivity index (χ0n) is 12.3. The fourth-order valence-corrected chi connectivity index (χ4v) is 1.66. The van der Waals surface area contributed by atoms with Crippen LogP contribution in [-0.2, 0) is 4.79 Å². The van der Waals surface area contributed by atoms with Crippen LogP contribution in [0.3, 0.4) is 0 Å². The number of hydrogen-bond donors (Lipinski definition) is 3. The molecule has 0 spiro atoms. The minimum absolute atomic E-state index is 0.124. The van der Waals surface area contributed by atoms with E-state index in [1.54, 1.807) is 0 Å². The van der Waals surface area contributed by atoms with Crippen LogP contribution < -0.4 is 16.0 Å². The lowest BCUT2D eigenvalue weighted by Gasteiger charge is -2.10. The van der Waals surface area contributed by atoms with Crippen LogP contribution in [-0.4, -0.2) is 36.4 Å². The summed E-state index contributed by atoms with van der Waals surface area (Å²) in [6.07, 6.45) is 2.09. The number of carbonyl (C=O) groups is 2. The summed E-state index contributed by atoms with van der Waals surface area (Å²) in [5.74, 6) is -0.836. The Morgan fingerprint density at radius 2 is 2.00 bits per heavy atom. The molecule has 0 atom stereocenters. The molecule has 1 aromatic rings. The van der Waals surface area contributed by atoms with Crippen molar-refractivity contribution in [2.24, 2.45) is 0 Å². The third-order valence-corrected chi connectivity index (χ3v) is 2.65. The van der Waals surface area contributed by atoms with Gasteiger partial charge in [-0.05, 0) is 19.4 Å². The molecule has 0 aromatic carbocycles. The molecule has 0 unspecified atom stereocenters. The van der Waals surface area contributed by atoms with Gasteiger partial charge in [-0.2, -0.15) is 0 Å². The Bertz CT molecular complexity index is 494. The first-order valence-electron chi connectivity index (χ1n) is 7.02. The van der Waals surface area contributed by atoms with E-state index in [2.05, 4.69) is 20.9 Å². The van der Waals surface area contributed by atoms with Gasteiger partial charge in [0.15, 0.2) is 0 Å². The second-order valence-electron chi connectivity index (χ2n) is 4.44. The van der Waals surface area contributed by atoms with Gasteiger partial charge in [0.2, 0.25) is 5.91 Å². The maximum atomic E-state index is 13.2. The normalized spacial score (nSPS) is 10.0. The van der Waals surface area contributed by atoms with Gasteiger partial charge in [0.05, 0.1) is 11.8 Å². The van der Waals surface area contributed by atoms with Crippen LogP contribution in [0.5, 0.6) is 0 Å². The van der Waals surface area contributed by atoms with Crippen molar-refractivity contribution in [3.8, 4) is 0 Å². The van der Waals surface area contributed by atoms with E-state index in [4.69, 9.17) is 0 Å². The molecule has 116 valence electrons. The fourth-order valence-electron chi connectivity index (χ4n) is 1.66. The van der Waals surface area contributed by atoms with Crippen molar-refractivity contribution in [3.05, 3.63) is 23.6 Å². The Balaban J connectivity index is 2.55. The van der Waals surface area contributed by atoms with Gasteiger partial charge in [-0.15, -0.1) is 0 Å². The molecule has 3 N–H and O–H groups in total. The average molecular weight is 296 g/mol. The standard InChI is InChI=1S/C14H21FN4O2/c1-3-6-17-12(20)5-7-18-14(21)11-8-10(15)9-19-13(11)16-4-2/h8-9H,3-7H2,1-2H3,(H,16,19)(H,17,20)(H,18,21). The number of pyridine rings is 1. The molecule has 1 rings (SSSR count). The van der Waals surface area contributed by atoms with Gasteiger partial charge in [0.25, 0.3) is 5.91 Å². The van der Waals surface area contributed by atoms with Crippen molar-refractivity contribution in [1.29, 1.82) is 0 Å². The Kier molecular flexibility index (Phi) is 7.14. The highest BCUT2D eigenvalue weighted by Crippen LogP contribution is 2.13. The van der Waals surface area contributed by atoms with Gasteiger partial charge in [-0.25, -0.2) is 9.37 Å². The molecule has 0 saturated heterocycles. The second-order valence-corrected chi connectivity index (χ2v) is 4.44. The van der Waals surface area contributed by atoms with Gasteiger partial charge in [0.1, 0.15) is 11.6 Å². The molecule has 1 aromatic heterocycles. The summed E-state index contributed by atoms with van der Waals surface area (Å²) in [4.78, 5) is 27.2. The summed E-state index contributed by atoms with van der Waals surface area (Å²) in [6, 6.07) is 1.12. The molecule has 0 aliphatic carbocycles. The quantitative estimate of drug-likeness (QED) is 0.675. The van der Waals surface area contributed by atoms with Crippen LogP contribution >= 0.6 is 0 Å². The molecule has 0 aliphatic rings. The Hall–Kier alpha value is -2.18.